The Balaban J connectivity index is 2.19. The molecule has 0 unspecified atom stereocenters. The summed E-state index contributed by atoms with van der Waals surface area (Å²) in [5, 5.41) is 6.37. The third-order valence-electron chi connectivity index (χ3n) is 4.58. The molecule has 0 amide bonds. The van der Waals surface area contributed by atoms with Gasteiger partial charge in [0.2, 0.25) is 5.52 Å². The number of fused-ring (bicyclic) bond motifs is 2. The van der Waals surface area contributed by atoms with Crippen molar-refractivity contribution in [2.24, 2.45) is 0 Å². The molecule has 1 aliphatic heterocycles. The standard InChI is InChI=1S/C19H14NO/c1-12-14-6-2-3-7-15(14)16-9-8-13-5-4-10-20-11-21-19(12)17(16)18(13)20/h2-10H,11H2,1H3/q+1. The predicted octanol–water partition coefficient (Wildman–Crippen LogP) is 4.09. The maximum atomic E-state index is 6.09. The van der Waals surface area contributed by atoms with Gasteiger partial charge in [0.1, 0.15) is 5.75 Å². The topological polar surface area (TPSA) is 13.1 Å². The number of hydrogen-bond donors (Lipinski definition) is 0. The summed E-state index contributed by atoms with van der Waals surface area (Å²) in [5.74, 6) is 1.04. The number of pyridine rings is 1. The van der Waals surface area contributed by atoms with Crippen LogP contribution in [0.1, 0.15) is 5.56 Å². The zero-order chi connectivity index (χ0) is 14.0. The molecule has 0 saturated carbocycles. The van der Waals surface area contributed by atoms with Gasteiger partial charge in [0.25, 0.3) is 6.73 Å². The van der Waals surface area contributed by atoms with E-state index in [1.807, 2.05) is 0 Å². The van der Waals surface area contributed by atoms with Crippen LogP contribution in [0.5, 0.6) is 5.75 Å². The molecule has 21 heavy (non-hydrogen) atoms. The summed E-state index contributed by atoms with van der Waals surface area (Å²) in [6.07, 6.45) is 2.09. The molecule has 0 atom stereocenters. The highest BCUT2D eigenvalue weighted by Gasteiger charge is 2.25. The monoisotopic (exact) mass is 272 g/mol. The molecule has 0 N–H and O–H groups in total. The van der Waals surface area contributed by atoms with E-state index in [2.05, 4.69) is 66.2 Å². The maximum Gasteiger partial charge on any atom is 0.292 e. The molecule has 0 spiro atoms. The van der Waals surface area contributed by atoms with Crippen LogP contribution in [0.15, 0.2) is 54.7 Å². The van der Waals surface area contributed by atoms with Gasteiger partial charge in [-0.2, -0.15) is 4.57 Å². The highest BCUT2D eigenvalue weighted by Crippen LogP contribution is 2.41. The number of rotatable bonds is 0. The molecule has 2 heteroatoms. The smallest absolute Gasteiger partial charge is 0.292 e. The SMILES string of the molecule is Cc1c2c3c(ccc4ccc[n+](c43)CO2)c2ccccc12. The normalized spacial score (nSPS) is 13.2. The van der Waals surface area contributed by atoms with Gasteiger partial charge < -0.3 is 4.74 Å². The Morgan fingerprint density at radius 2 is 1.76 bits per heavy atom. The summed E-state index contributed by atoms with van der Waals surface area (Å²) in [5.41, 5.74) is 2.52. The summed E-state index contributed by atoms with van der Waals surface area (Å²) < 4.78 is 8.28. The zero-order valence-corrected chi connectivity index (χ0v) is 11.8. The van der Waals surface area contributed by atoms with E-state index in [9.17, 15) is 0 Å². The molecule has 1 aromatic heterocycles. The van der Waals surface area contributed by atoms with Crippen molar-refractivity contribution in [1.29, 1.82) is 0 Å². The number of aryl methyl sites for hydroxylation is 1. The van der Waals surface area contributed by atoms with Crippen molar-refractivity contribution < 1.29 is 9.30 Å². The van der Waals surface area contributed by atoms with E-state index >= 15 is 0 Å². The molecule has 5 rings (SSSR count). The van der Waals surface area contributed by atoms with Crippen LogP contribution in [0, 0.1) is 6.92 Å². The first-order valence-electron chi connectivity index (χ1n) is 7.23. The Morgan fingerprint density at radius 3 is 2.67 bits per heavy atom. The van der Waals surface area contributed by atoms with Gasteiger partial charge >= 0.3 is 0 Å². The number of nitrogens with zero attached hydrogens (tertiary/aromatic N) is 1. The predicted molar refractivity (Wildman–Crippen MR) is 84.5 cm³/mol. The lowest BCUT2D eigenvalue weighted by Crippen LogP contribution is -2.39. The van der Waals surface area contributed by atoms with E-state index in [-0.39, 0.29) is 0 Å². The minimum Gasteiger partial charge on any atom is -0.435 e. The van der Waals surface area contributed by atoms with E-state index in [0.29, 0.717) is 6.73 Å². The van der Waals surface area contributed by atoms with Crippen LogP contribution in [0.2, 0.25) is 0 Å². The number of hydrogen-bond acceptors (Lipinski definition) is 1. The van der Waals surface area contributed by atoms with E-state index in [1.165, 1.54) is 38.0 Å². The van der Waals surface area contributed by atoms with Crippen LogP contribution < -0.4 is 9.30 Å². The average Bonchev–Trinajstić information content (AvgIpc) is 2.55. The van der Waals surface area contributed by atoms with E-state index in [1.54, 1.807) is 0 Å². The highest BCUT2D eigenvalue weighted by molar-refractivity contribution is 6.19. The van der Waals surface area contributed by atoms with E-state index in [0.717, 1.165) is 5.75 Å². The van der Waals surface area contributed by atoms with Crippen LogP contribution in [-0.4, -0.2) is 0 Å². The first kappa shape index (κ1) is 11.1. The maximum absolute atomic E-state index is 6.09. The molecule has 0 aliphatic carbocycles. The third-order valence-corrected chi connectivity index (χ3v) is 4.58. The zero-order valence-electron chi connectivity index (χ0n) is 11.8. The molecule has 0 bridgehead atoms. The van der Waals surface area contributed by atoms with Crippen molar-refractivity contribution in [2.75, 3.05) is 0 Å². The second-order valence-corrected chi connectivity index (χ2v) is 5.68. The first-order chi connectivity index (χ1) is 10.3. The number of benzene rings is 3. The molecule has 0 radical (unpaired) electrons. The van der Waals surface area contributed by atoms with Crippen molar-refractivity contribution in [3.8, 4) is 5.75 Å². The molecule has 0 saturated heterocycles. The lowest BCUT2D eigenvalue weighted by Gasteiger charge is -2.19. The van der Waals surface area contributed by atoms with Gasteiger partial charge in [-0.05, 0) is 35.2 Å². The Hall–Kier alpha value is -2.61. The fourth-order valence-electron chi connectivity index (χ4n) is 3.61. The van der Waals surface area contributed by atoms with Crippen molar-refractivity contribution in [1.82, 2.24) is 0 Å². The summed E-state index contributed by atoms with van der Waals surface area (Å²) >= 11 is 0. The van der Waals surface area contributed by atoms with Crippen molar-refractivity contribution in [3.05, 3.63) is 60.3 Å². The van der Waals surface area contributed by atoms with Crippen LogP contribution in [0.25, 0.3) is 32.4 Å². The van der Waals surface area contributed by atoms with Crippen LogP contribution in [0.3, 0.4) is 0 Å². The Morgan fingerprint density at radius 1 is 0.905 bits per heavy atom. The molecule has 2 heterocycles. The fraction of sp³-hybridized carbons (Fsp3) is 0.105. The Labute approximate surface area is 122 Å². The van der Waals surface area contributed by atoms with Crippen LogP contribution >= 0.6 is 0 Å². The second-order valence-electron chi connectivity index (χ2n) is 5.68. The van der Waals surface area contributed by atoms with Crippen molar-refractivity contribution in [3.63, 3.8) is 0 Å². The van der Waals surface area contributed by atoms with Gasteiger partial charge in [0.05, 0.1) is 5.39 Å². The Bertz CT molecular complexity index is 1050. The number of ether oxygens (including phenoxy) is 1. The molecule has 100 valence electrons. The number of aromatic nitrogens is 1. The van der Waals surface area contributed by atoms with Crippen LogP contribution in [-0.2, 0) is 6.73 Å². The third kappa shape index (κ3) is 1.30. The minimum atomic E-state index is 0.586. The van der Waals surface area contributed by atoms with Gasteiger partial charge in [0, 0.05) is 17.0 Å². The summed E-state index contributed by atoms with van der Waals surface area (Å²) in [7, 11) is 0. The summed E-state index contributed by atoms with van der Waals surface area (Å²) in [6, 6.07) is 17.3. The van der Waals surface area contributed by atoms with E-state index < -0.39 is 0 Å². The molecular weight excluding hydrogens is 258 g/mol. The van der Waals surface area contributed by atoms with Crippen molar-refractivity contribution >= 4 is 32.4 Å². The minimum absolute atomic E-state index is 0.586. The van der Waals surface area contributed by atoms with Gasteiger partial charge in [-0.3, -0.25) is 0 Å². The van der Waals surface area contributed by atoms with Crippen LogP contribution in [0.4, 0.5) is 0 Å². The van der Waals surface area contributed by atoms with Gasteiger partial charge in [-0.15, -0.1) is 0 Å². The van der Waals surface area contributed by atoms with Gasteiger partial charge in [0.15, 0.2) is 6.20 Å². The van der Waals surface area contributed by atoms with Gasteiger partial charge in [-0.25, -0.2) is 0 Å². The quantitative estimate of drug-likeness (QED) is 0.347. The average molecular weight is 272 g/mol. The highest BCUT2D eigenvalue weighted by atomic mass is 16.5. The summed E-state index contributed by atoms with van der Waals surface area (Å²) in [6.45, 7) is 2.75. The van der Waals surface area contributed by atoms with Crippen molar-refractivity contribution in [2.45, 2.75) is 13.7 Å². The molecular formula is C19H14NO+. The molecule has 3 aromatic carbocycles. The molecule has 0 fully saturated rings. The molecule has 4 aromatic rings. The molecule has 2 nitrogen and oxygen atoms in total. The Kier molecular flexibility index (Phi) is 1.97. The summed E-state index contributed by atoms with van der Waals surface area (Å²) in [4.78, 5) is 0. The fourth-order valence-corrected chi connectivity index (χ4v) is 3.61. The lowest BCUT2D eigenvalue weighted by atomic mass is 9.94. The first-order valence-corrected chi connectivity index (χ1v) is 7.23. The largest absolute Gasteiger partial charge is 0.435 e. The van der Waals surface area contributed by atoms with Gasteiger partial charge in [-0.1, -0.05) is 30.3 Å². The second kappa shape index (κ2) is 3.73. The van der Waals surface area contributed by atoms with E-state index in [4.69, 9.17) is 4.74 Å². The lowest BCUT2D eigenvalue weighted by molar-refractivity contribution is -0.701. The molecule has 1 aliphatic rings.